The summed E-state index contributed by atoms with van der Waals surface area (Å²) in [5, 5.41) is 0. The molecule has 8 aromatic carbocycles. The van der Waals surface area contributed by atoms with Crippen LogP contribution in [-0.2, 0) is 12.8 Å². The van der Waals surface area contributed by atoms with E-state index in [2.05, 4.69) is 267 Å². The van der Waals surface area contributed by atoms with Crippen LogP contribution in [0.15, 0.2) is 272 Å². The summed E-state index contributed by atoms with van der Waals surface area (Å²) >= 11 is 0. The minimum Gasteiger partial charge on any atom is -0.0836 e. The predicted octanol–water partition coefficient (Wildman–Crippen LogP) is 20.3. The van der Waals surface area contributed by atoms with Gasteiger partial charge < -0.3 is 0 Å². The Morgan fingerprint density at radius 2 is 0.987 bits per heavy atom. The number of hydrogen-bond donors (Lipinski definition) is 0. The van der Waals surface area contributed by atoms with Gasteiger partial charge in [0.15, 0.2) is 0 Å². The van der Waals surface area contributed by atoms with Gasteiger partial charge in [0.25, 0.3) is 0 Å². The number of fused-ring (bicyclic) bond motifs is 1. The molecule has 0 aromatic heterocycles. The van der Waals surface area contributed by atoms with Gasteiger partial charge in [-0.25, -0.2) is 0 Å². The van der Waals surface area contributed by atoms with Gasteiger partial charge in [-0.1, -0.05) is 278 Å². The highest BCUT2D eigenvalue weighted by Gasteiger charge is 2.23. The highest BCUT2D eigenvalue weighted by molar-refractivity contribution is 5.73. The van der Waals surface area contributed by atoms with Crippen LogP contribution in [0.3, 0.4) is 0 Å². The molecule has 372 valence electrons. The molecule has 8 aromatic rings. The predicted molar refractivity (Wildman–Crippen MR) is 324 cm³/mol. The molecular formula is C76H68. The molecule has 0 heteroatoms. The lowest BCUT2D eigenvalue weighted by Crippen LogP contribution is -2.09. The largest absolute Gasteiger partial charge is 0.0836 e. The van der Waals surface area contributed by atoms with Crippen molar-refractivity contribution in [3.8, 4) is 33.4 Å². The Kier molecular flexibility index (Phi) is 14.9. The lowest BCUT2D eigenvalue weighted by Gasteiger charge is -2.25. The first-order valence-corrected chi connectivity index (χ1v) is 28.1. The van der Waals surface area contributed by atoms with E-state index in [0.717, 1.165) is 64.2 Å². The van der Waals surface area contributed by atoms with Gasteiger partial charge in [0.1, 0.15) is 0 Å². The second kappa shape index (κ2) is 23.2. The zero-order valence-electron chi connectivity index (χ0n) is 43.8. The molecule has 0 heterocycles. The van der Waals surface area contributed by atoms with Crippen molar-refractivity contribution in [1.29, 1.82) is 0 Å². The van der Waals surface area contributed by atoms with Crippen LogP contribution in [0.4, 0.5) is 0 Å². The topological polar surface area (TPSA) is 0 Å². The zero-order valence-corrected chi connectivity index (χ0v) is 43.8. The molecule has 4 aliphatic carbocycles. The van der Waals surface area contributed by atoms with E-state index in [1.54, 1.807) is 0 Å². The van der Waals surface area contributed by atoms with Crippen LogP contribution in [0.25, 0.3) is 45.0 Å². The van der Waals surface area contributed by atoms with Crippen LogP contribution in [0, 0.1) is 0 Å². The molecule has 0 nitrogen and oxygen atoms in total. The van der Waals surface area contributed by atoms with E-state index >= 15 is 0 Å². The molecule has 0 aliphatic heterocycles. The fourth-order valence-electron chi connectivity index (χ4n) is 12.4. The summed E-state index contributed by atoms with van der Waals surface area (Å²) in [6.45, 7) is 0. The Morgan fingerprint density at radius 1 is 0.408 bits per heavy atom. The summed E-state index contributed by atoms with van der Waals surface area (Å²) in [5.74, 6) is 1.58. The first-order chi connectivity index (χ1) is 37.6. The zero-order chi connectivity index (χ0) is 50.9. The molecule has 76 heavy (non-hydrogen) atoms. The summed E-state index contributed by atoms with van der Waals surface area (Å²) in [6, 6.07) is 75.2. The van der Waals surface area contributed by atoms with Gasteiger partial charge in [0.2, 0.25) is 0 Å². The average molecular weight is 981 g/mol. The number of allylic oxidation sites excluding steroid dienone is 13. The van der Waals surface area contributed by atoms with Crippen molar-refractivity contribution < 1.29 is 0 Å². The Balaban J connectivity index is 0.723. The van der Waals surface area contributed by atoms with E-state index < -0.39 is 0 Å². The van der Waals surface area contributed by atoms with E-state index in [1.165, 1.54) is 100 Å². The number of aryl methyl sites for hydroxylation is 1. The molecule has 0 amide bonds. The SMILES string of the molecule is C1=CCC(c2ccc(C(CCc3ccc(C4C=CC(CC[C@@H](C5=CC=C(c6ccc(-c7ccccc7)cc6)CC5)c5ccc(-c6ccc(-c7ccccc7)cc6)cc5)=CC4)cc3)c3cccc4c3CCC=C4)cc2)C=C1. The Labute approximate surface area is 452 Å². The fourth-order valence-corrected chi connectivity index (χ4v) is 12.4. The van der Waals surface area contributed by atoms with Crippen molar-refractivity contribution >= 4 is 11.6 Å². The van der Waals surface area contributed by atoms with E-state index in [1.807, 2.05) is 0 Å². The maximum atomic E-state index is 2.52. The molecule has 0 spiro atoms. The van der Waals surface area contributed by atoms with E-state index in [9.17, 15) is 0 Å². The van der Waals surface area contributed by atoms with Crippen LogP contribution in [0.5, 0.6) is 0 Å². The third-order valence-electron chi connectivity index (χ3n) is 16.9. The molecular weight excluding hydrogens is 913 g/mol. The molecule has 4 aliphatic rings. The Hall–Kier alpha value is -8.06. The summed E-state index contributed by atoms with van der Waals surface area (Å²) in [4.78, 5) is 0. The number of benzene rings is 8. The maximum Gasteiger partial charge on any atom is 0.00954 e. The van der Waals surface area contributed by atoms with Crippen molar-refractivity contribution in [2.75, 3.05) is 0 Å². The standard InChI is InChI=1S/C76H68/c1-4-13-57(14-5-1)62-33-37-65(38-34-62)67-41-47-70(48-42-67)73(71-49-43-68(44-50-71)66-39-35-63(36-40-66)58-15-6-2-7-16-58)53-27-55-23-29-60(30-24-55)61-31-25-56(26-32-61)28-54-75(76-22-12-20-69-19-10-11-21-74(69)76)72-51-45-64(46-52-72)59-17-8-3-9-18-59/h1-10,12-17,19-20,22-26,29,31-43,45-49,51-52,59-60,73,75H,11,18,21,27-28,30,44,50,53-54H2/t59?,60?,73-,75?/m1/s1. The quantitative estimate of drug-likeness (QED) is 0.0905. The maximum absolute atomic E-state index is 2.52. The summed E-state index contributed by atoms with van der Waals surface area (Å²) in [7, 11) is 0. The second-order valence-electron chi connectivity index (χ2n) is 21.5. The Bertz CT molecular complexity index is 3460. The first-order valence-electron chi connectivity index (χ1n) is 28.1. The smallest absolute Gasteiger partial charge is 0.00954 e. The van der Waals surface area contributed by atoms with Gasteiger partial charge in [0.05, 0.1) is 0 Å². The molecule has 0 saturated heterocycles. The number of hydrogen-bond acceptors (Lipinski definition) is 0. The molecule has 3 unspecified atom stereocenters. The van der Waals surface area contributed by atoms with Crippen molar-refractivity contribution in [1.82, 2.24) is 0 Å². The molecule has 4 atom stereocenters. The first kappa shape index (κ1) is 48.9. The van der Waals surface area contributed by atoms with Crippen molar-refractivity contribution in [2.24, 2.45) is 0 Å². The van der Waals surface area contributed by atoms with E-state index in [4.69, 9.17) is 0 Å². The fraction of sp³-hybridized carbons (Fsp3) is 0.184. The van der Waals surface area contributed by atoms with Crippen LogP contribution in [-0.4, -0.2) is 0 Å². The molecule has 0 N–H and O–H groups in total. The lowest BCUT2D eigenvalue weighted by atomic mass is 9.79. The highest BCUT2D eigenvalue weighted by Crippen LogP contribution is 2.41. The van der Waals surface area contributed by atoms with Gasteiger partial charge in [-0.15, -0.1) is 0 Å². The minimum absolute atomic E-state index is 0.354. The summed E-state index contributed by atoms with van der Waals surface area (Å²) in [5.41, 5.74) is 24.8. The van der Waals surface area contributed by atoms with Crippen molar-refractivity contribution in [3.63, 3.8) is 0 Å². The van der Waals surface area contributed by atoms with Crippen LogP contribution >= 0.6 is 0 Å². The van der Waals surface area contributed by atoms with Crippen LogP contribution in [0.1, 0.15) is 125 Å². The molecule has 0 bridgehead atoms. The molecule has 12 rings (SSSR count). The van der Waals surface area contributed by atoms with Gasteiger partial charge in [-0.05, 0) is 153 Å². The highest BCUT2D eigenvalue weighted by atomic mass is 14.3. The van der Waals surface area contributed by atoms with Crippen LogP contribution < -0.4 is 0 Å². The molecule has 0 fully saturated rings. The van der Waals surface area contributed by atoms with Gasteiger partial charge >= 0.3 is 0 Å². The minimum atomic E-state index is 0.354. The van der Waals surface area contributed by atoms with Crippen molar-refractivity contribution in [2.45, 2.75) is 87.9 Å². The van der Waals surface area contributed by atoms with Gasteiger partial charge in [0, 0.05) is 23.7 Å². The average Bonchev–Trinajstić information content (AvgIpc) is 3.52. The second-order valence-corrected chi connectivity index (χ2v) is 21.5. The Morgan fingerprint density at radius 3 is 1.59 bits per heavy atom. The molecule has 0 radical (unpaired) electrons. The third kappa shape index (κ3) is 11.3. The van der Waals surface area contributed by atoms with Gasteiger partial charge in [-0.2, -0.15) is 0 Å². The summed E-state index contributed by atoms with van der Waals surface area (Å²) < 4.78 is 0. The number of rotatable bonds is 16. The normalized spacial score (nSPS) is 17.6. The van der Waals surface area contributed by atoms with Crippen LogP contribution in [0.2, 0.25) is 0 Å². The van der Waals surface area contributed by atoms with Gasteiger partial charge in [-0.3, -0.25) is 0 Å². The monoisotopic (exact) mass is 981 g/mol. The third-order valence-corrected chi connectivity index (χ3v) is 16.9. The van der Waals surface area contributed by atoms with Crippen molar-refractivity contribution in [3.05, 3.63) is 322 Å². The van der Waals surface area contributed by atoms with E-state index in [-0.39, 0.29) is 0 Å². The van der Waals surface area contributed by atoms with E-state index in [0.29, 0.717) is 23.7 Å². The lowest BCUT2D eigenvalue weighted by molar-refractivity contribution is 0.668. The molecule has 0 saturated carbocycles. The summed E-state index contributed by atoms with van der Waals surface area (Å²) in [6.07, 6.45) is 36.7.